The summed E-state index contributed by atoms with van der Waals surface area (Å²) in [6.45, 7) is 15.6. The molecule has 1 aromatic heterocycles. The molecule has 14 nitrogen and oxygen atoms in total. The van der Waals surface area contributed by atoms with Gasteiger partial charge < -0.3 is 36.5 Å². The maximum Gasteiger partial charge on any atom is 0.245 e. The molecule has 7 atom stereocenters. The first-order valence-corrected chi connectivity index (χ1v) is 22.3. The first-order valence-electron chi connectivity index (χ1n) is 22.3. The number of carbonyl (C=O) groups excluding carboxylic acids is 7. The number of nitrogens with zero attached hydrogens (tertiary/aromatic N) is 1. The van der Waals surface area contributed by atoms with E-state index in [0.29, 0.717) is 38.1 Å². The number of nitrogens with one attached hydrogen (secondary N) is 6. The number of rotatable bonds is 12. The molecule has 14 heteroatoms. The highest BCUT2D eigenvalue weighted by Gasteiger charge is 2.40. The molecular formula is C46H71N7O7. The fraction of sp³-hybridized carbons (Fsp3) is 0.674. The Hall–Kier alpha value is -4.75. The van der Waals surface area contributed by atoms with E-state index >= 15 is 0 Å². The van der Waals surface area contributed by atoms with Gasteiger partial charge in [-0.15, -0.1) is 0 Å². The normalized spacial score (nSPS) is 26.0. The molecule has 6 amide bonds. The largest absolute Gasteiger partial charge is 0.361 e. The fourth-order valence-electron chi connectivity index (χ4n) is 8.31. The molecule has 332 valence electrons. The Balaban J connectivity index is 1.71. The zero-order valence-corrected chi connectivity index (χ0v) is 37.2. The van der Waals surface area contributed by atoms with Crippen molar-refractivity contribution in [1.29, 1.82) is 0 Å². The van der Waals surface area contributed by atoms with E-state index in [9.17, 15) is 33.6 Å². The number of hydrogen-bond donors (Lipinski definition) is 6. The van der Waals surface area contributed by atoms with Gasteiger partial charge in [-0.1, -0.05) is 92.3 Å². The number of H-pyrrole nitrogens is 1. The molecule has 4 rings (SSSR count). The molecule has 1 aromatic carbocycles. The van der Waals surface area contributed by atoms with E-state index in [1.807, 2.05) is 58.2 Å². The summed E-state index contributed by atoms with van der Waals surface area (Å²) in [5, 5.41) is 15.5. The predicted molar refractivity (Wildman–Crippen MR) is 232 cm³/mol. The highest BCUT2D eigenvalue weighted by atomic mass is 16.2. The Labute approximate surface area is 356 Å². The van der Waals surface area contributed by atoms with Crippen molar-refractivity contribution < 1.29 is 33.6 Å². The number of ketones is 1. The van der Waals surface area contributed by atoms with Crippen molar-refractivity contribution in [2.45, 2.75) is 169 Å². The first-order chi connectivity index (χ1) is 28.4. The molecule has 7 unspecified atom stereocenters. The van der Waals surface area contributed by atoms with E-state index < -0.39 is 77.6 Å². The van der Waals surface area contributed by atoms with Crippen LogP contribution in [-0.4, -0.2) is 93.9 Å². The van der Waals surface area contributed by atoms with Crippen LogP contribution in [0.4, 0.5) is 0 Å². The van der Waals surface area contributed by atoms with Crippen LogP contribution in [0, 0.1) is 23.7 Å². The topological polar surface area (TPSA) is 199 Å². The van der Waals surface area contributed by atoms with Gasteiger partial charge in [0.05, 0.1) is 6.04 Å². The van der Waals surface area contributed by atoms with Gasteiger partial charge in [0.2, 0.25) is 35.4 Å². The number of Topliss-reactive ketones (excluding diaryl/α,β-unsaturated/α-hetero) is 1. The van der Waals surface area contributed by atoms with E-state index in [1.54, 1.807) is 13.8 Å². The number of unbranched alkanes of at least 4 members (excludes halogenated alkanes) is 2. The summed E-state index contributed by atoms with van der Waals surface area (Å²) < 4.78 is 0. The van der Waals surface area contributed by atoms with Gasteiger partial charge in [0.25, 0.3) is 0 Å². The maximum atomic E-state index is 14.4. The van der Waals surface area contributed by atoms with Crippen LogP contribution in [0.3, 0.4) is 0 Å². The Kier molecular flexibility index (Phi) is 18.2. The van der Waals surface area contributed by atoms with Crippen molar-refractivity contribution in [2.75, 3.05) is 6.54 Å². The molecule has 6 N–H and O–H groups in total. The number of amides is 6. The van der Waals surface area contributed by atoms with Gasteiger partial charge in [0.15, 0.2) is 5.78 Å². The summed E-state index contributed by atoms with van der Waals surface area (Å²) in [7, 11) is 0. The van der Waals surface area contributed by atoms with Crippen LogP contribution < -0.4 is 26.6 Å². The molecular weight excluding hydrogens is 763 g/mol. The lowest BCUT2D eigenvalue weighted by Crippen LogP contribution is -2.59. The zero-order chi connectivity index (χ0) is 44.1. The van der Waals surface area contributed by atoms with Gasteiger partial charge in [-0.3, -0.25) is 33.6 Å². The molecule has 2 aliphatic rings. The average Bonchev–Trinajstić information content (AvgIpc) is 3.83. The fourth-order valence-corrected chi connectivity index (χ4v) is 8.31. The monoisotopic (exact) mass is 834 g/mol. The van der Waals surface area contributed by atoms with Gasteiger partial charge in [0.1, 0.15) is 24.2 Å². The average molecular weight is 834 g/mol. The van der Waals surface area contributed by atoms with E-state index in [0.717, 1.165) is 42.1 Å². The Morgan fingerprint density at radius 1 is 0.683 bits per heavy atom. The van der Waals surface area contributed by atoms with Gasteiger partial charge in [-0.05, 0) is 68.4 Å². The molecule has 0 spiro atoms. The SMILES string of the molecule is CC(C)CCCCCC1CC(=O)NC(C)C(=O)CC(C)C(=O)NC(CC(C)C)C(=O)N2CCCC2C(=O)NC(CC(C)C)C(=O)NC(Cc2c[nH]c3ccccc23)C(=O)N1. The second kappa shape index (κ2) is 22.7. The molecule has 0 saturated carbocycles. The van der Waals surface area contributed by atoms with Crippen molar-refractivity contribution in [1.82, 2.24) is 36.5 Å². The zero-order valence-electron chi connectivity index (χ0n) is 37.2. The number of fused-ring (bicyclic) bond motifs is 2. The third-order valence-electron chi connectivity index (χ3n) is 11.7. The molecule has 2 aromatic rings. The van der Waals surface area contributed by atoms with E-state index in [2.05, 4.69) is 45.4 Å². The first kappa shape index (κ1) is 47.9. The van der Waals surface area contributed by atoms with Crippen molar-refractivity contribution in [2.24, 2.45) is 23.7 Å². The Morgan fingerprint density at radius 2 is 1.33 bits per heavy atom. The standard InChI is InChI=1S/C46H71N7O7/c1-27(2)15-10-9-11-16-33-25-41(55)48-31(8)40(54)23-30(7)42(56)52-38(22-29(5)6)46(60)53-20-14-19-39(53)45(59)51-36(21-28(3)4)44(58)50-37(43(57)49-33)24-32-26-47-35-18-13-12-17-34(32)35/h12-13,17-18,26-31,33,36-39,47H,9-11,14-16,19-25H2,1-8H3,(H,48,55)(H,49,57)(H,50,58)(H,51,59)(H,52,56). The summed E-state index contributed by atoms with van der Waals surface area (Å²) in [5.74, 6) is -3.36. The summed E-state index contributed by atoms with van der Waals surface area (Å²) in [4.78, 5) is 102. The van der Waals surface area contributed by atoms with Crippen LogP contribution in [0.2, 0.25) is 0 Å². The third kappa shape index (κ3) is 14.2. The predicted octanol–water partition coefficient (Wildman–Crippen LogP) is 4.84. The lowest BCUT2D eigenvalue weighted by atomic mass is 9.97. The molecule has 2 aliphatic heterocycles. The lowest BCUT2D eigenvalue weighted by Gasteiger charge is -2.31. The van der Waals surface area contributed by atoms with Crippen molar-refractivity contribution >= 4 is 52.1 Å². The second-order valence-electron chi connectivity index (χ2n) is 18.5. The van der Waals surface area contributed by atoms with Crippen LogP contribution >= 0.6 is 0 Å². The number of para-hydroxylation sites is 1. The summed E-state index contributed by atoms with van der Waals surface area (Å²) in [6, 6.07) is 2.30. The van der Waals surface area contributed by atoms with Gasteiger partial charge in [0, 0.05) is 54.9 Å². The Bertz CT molecular complexity index is 1810. The van der Waals surface area contributed by atoms with E-state index in [1.165, 1.54) is 4.90 Å². The maximum absolute atomic E-state index is 14.4. The summed E-state index contributed by atoms with van der Waals surface area (Å²) in [6.07, 6.45) is 7.48. The third-order valence-corrected chi connectivity index (χ3v) is 11.7. The second-order valence-corrected chi connectivity index (χ2v) is 18.5. The van der Waals surface area contributed by atoms with Crippen LogP contribution in [0.15, 0.2) is 30.5 Å². The Morgan fingerprint density at radius 3 is 2.03 bits per heavy atom. The number of aromatic nitrogens is 1. The van der Waals surface area contributed by atoms with E-state index in [4.69, 9.17) is 0 Å². The highest BCUT2D eigenvalue weighted by Crippen LogP contribution is 2.23. The minimum atomic E-state index is -1.07. The van der Waals surface area contributed by atoms with Gasteiger partial charge in [-0.25, -0.2) is 0 Å². The number of hydrogen-bond acceptors (Lipinski definition) is 7. The molecule has 2 saturated heterocycles. The van der Waals surface area contributed by atoms with Crippen molar-refractivity contribution in [3.63, 3.8) is 0 Å². The molecule has 0 bridgehead atoms. The van der Waals surface area contributed by atoms with Gasteiger partial charge in [-0.2, -0.15) is 0 Å². The van der Waals surface area contributed by atoms with E-state index in [-0.39, 0.29) is 43.3 Å². The lowest BCUT2D eigenvalue weighted by molar-refractivity contribution is -0.143. The number of aromatic amines is 1. The van der Waals surface area contributed by atoms with Crippen LogP contribution in [0.5, 0.6) is 0 Å². The van der Waals surface area contributed by atoms with Crippen LogP contribution in [0.25, 0.3) is 10.9 Å². The molecule has 60 heavy (non-hydrogen) atoms. The quantitative estimate of drug-likeness (QED) is 0.165. The molecule has 3 heterocycles. The summed E-state index contributed by atoms with van der Waals surface area (Å²) >= 11 is 0. The van der Waals surface area contributed by atoms with Crippen molar-refractivity contribution in [3.8, 4) is 0 Å². The van der Waals surface area contributed by atoms with Crippen LogP contribution in [-0.2, 0) is 40.0 Å². The molecule has 2 fully saturated rings. The summed E-state index contributed by atoms with van der Waals surface area (Å²) in [5.41, 5.74) is 1.69. The molecule has 0 aliphatic carbocycles. The smallest absolute Gasteiger partial charge is 0.245 e. The molecule has 0 radical (unpaired) electrons. The minimum absolute atomic E-state index is 0.0118. The van der Waals surface area contributed by atoms with Crippen molar-refractivity contribution in [3.05, 3.63) is 36.0 Å². The van der Waals surface area contributed by atoms with Crippen LogP contribution in [0.1, 0.15) is 132 Å². The van der Waals surface area contributed by atoms with Gasteiger partial charge >= 0.3 is 0 Å². The number of carbonyl (C=O) groups is 7. The minimum Gasteiger partial charge on any atom is -0.361 e. The number of benzene rings is 1. The highest BCUT2D eigenvalue weighted by molar-refractivity contribution is 5.97.